The first-order chi connectivity index (χ1) is 19.4. The highest BCUT2D eigenvalue weighted by atomic mass is 32.2. The van der Waals surface area contributed by atoms with Crippen LogP contribution < -0.4 is 9.47 Å². The van der Waals surface area contributed by atoms with Gasteiger partial charge in [-0.1, -0.05) is 24.3 Å². The Bertz CT molecular complexity index is 1410. The van der Waals surface area contributed by atoms with Crippen LogP contribution in [0, 0.1) is 32.6 Å². The number of ketones is 1. The van der Waals surface area contributed by atoms with Gasteiger partial charge in [-0.15, -0.1) is 11.8 Å². The van der Waals surface area contributed by atoms with Gasteiger partial charge in [0.15, 0.2) is 17.1 Å². The van der Waals surface area contributed by atoms with Crippen molar-refractivity contribution in [2.45, 2.75) is 51.5 Å². The average molecular weight is 577 g/mol. The Balaban J connectivity index is 1.59. The van der Waals surface area contributed by atoms with Crippen molar-refractivity contribution in [2.75, 3.05) is 19.3 Å². The van der Waals surface area contributed by atoms with Crippen LogP contribution in [0.1, 0.15) is 46.6 Å². The van der Waals surface area contributed by atoms with Crippen LogP contribution in [0.2, 0.25) is 0 Å². The number of carboxylic acid groups (broad SMARTS) is 1. The number of rotatable bonds is 9. The van der Waals surface area contributed by atoms with Crippen LogP contribution in [0.15, 0.2) is 59.6 Å². The zero-order valence-corrected chi connectivity index (χ0v) is 25.1. The van der Waals surface area contributed by atoms with Gasteiger partial charge in [0.1, 0.15) is 5.75 Å². The number of nitrogens with zero attached hydrogens (tertiary/aromatic N) is 2. The second kappa shape index (κ2) is 12.3. The fourth-order valence-electron chi connectivity index (χ4n) is 5.09. The van der Waals surface area contributed by atoms with E-state index in [0.29, 0.717) is 30.0 Å². The molecular weight excluding hydrogens is 540 g/mol. The molecule has 2 aromatic carbocycles. The Kier molecular flexibility index (Phi) is 9.07. The lowest BCUT2D eigenvalue weighted by molar-refractivity contribution is -0.152. The molecule has 1 amide bonds. The first kappa shape index (κ1) is 30.1. The number of carbonyl (C=O) groups is 3. The molecule has 1 fully saturated rings. The first-order valence-corrected chi connectivity index (χ1v) is 14.7. The molecule has 41 heavy (non-hydrogen) atoms. The summed E-state index contributed by atoms with van der Waals surface area (Å²) in [4.78, 5) is 45.3. The normalized spacial score (nSPS) is 16.9. The van der Waals surface area contributed by atoms with E-state index in [1.165, 1.54) is 20.0 Å². The number of hydrogen-bond donors (Lipinski definition) is 1. The van der Waals surface area contributed by atoms with Crippen molar-refractivity contribution in [1.82, 2.24) is 9.88 Å². The lowest BCUT2D eigenvalue weighted by Crippen LogP contribution is -2.38. The van der Waals surface area contributed by atoms with E-state index < -0.39 is 23.6 Å². The first-order valence-electron chi connectivity index (χ1n) is 13.5. The number of thioether (sulfide) groups is 1. The van der Waals surface area contributed by atoms with E-state index in [2.05, 4.69) is 4.98 Å². The third-order valence-electron chi connectivity index (χ3n) is 7.39. The number of likely N-dealkylation sites (tertiary alicyclic amines) is 1. The molecule has 0 aliphatic carbocycles. The molecule has 9 heteroatoms. The number of aryl methyl sites for hydroxylation is 3. The van der Waals surface area contributed by atoms with Crippen molar-refractivity contribution < 1.29 is 29.0 Å². The molecule has 2 atom stereocenters. The monoisotopic (exact) mass is 576 g/mol. The molecule has 8 nitrogen and oxygen atoms in total. The average Bonchev–Trinajstić information content (AvgIpc) is 3.35. The molecule has 1 aliphatic heterocycles. The van der Waals surface area contributed by atoms with E-state index in [4.69, 9.17) is 9.47 Å². The fourth-order valence-corrected chi connectivity index (χ4v) is 5.50. The number of amides is 1. The minimum Gasteiger partial charge on any atom is -0.478 e. The van der Waals surface area contributed by atoms with Gasteiger partial charge in [0.05, 0.1) is 6.20 Å². The summed E-state index contributed by atoms with van der Waals surface area (Å²) in [6, 6.07) is 15.0. The van der Waals surface area contributed by atoms with Gasteiger partial charge in [-0.3, -0.25) is 9.78 Å². The second-order valence-corrected chi connectivity index (χ2v) is 11.9. The quantitative estimate of drug-likeness (QED) is 0.239. The molecule has 0 spiro atoms. The van der Waals surface area contributed by atoms with Crippen LogP contribution in [0.5, 0.6) is 11.5 Å². The van der Waals surface area contributed by atoms with Crippen molar-refractivity contribution >= 4 is 29.6 Å². The lowest BCUT2D eigenvalue weighted by Gasteiger charge is -2.25. The van der Waals surface area contributed by atoms with Gasteiger partial charge in [0.25, 0.3) is 0 Å². The number of aromatic nitrogens is 1. The molecule has 0 radical (unpaired) electrons. The Morgan fingerprint density at radius 2 is 1.68 bits per heavy atom. The predicted octanol–water partition coefficient (Wildman–Crippen LogP) is 6.14. The Morgan fingerprint density at radius 1 is 1.02 bits per heavy atom. The number of benzene rings is 2. The van der Waals surface area contributed by atoms with Crippen molar-refractivity contribution in [3.8, 4) is 11.5 Å². The molecule has 1 aliphatic rings. The summed E-state index contributed by atoms with van der Waals surface area (Å²) >= 11 is 1.61. The highest BCUT2D eigenvalue weighted by Crippen LogP contribution is 2.34. The maximum absolute atomic E-state index is 13.7. The van der Waals surface area contributed by atoms with E-state index in [-0.39, 0.29) is 18.2 Å². The van der Waals surface area contributed by atoms with Gasteiger partial charge in [-0.25, -0.2) is 9.59 Å². The maximum atomic E-state index is 13.7. The van der Waals surface area contributed by atoms with Gasteiger partial charge in [-0.05, 0) is 94.2 Å². The third-order valence-corrected chi connectivity index (χ3v) is 8.13. The molecule has 1 saturated heterocycles. The minimum atomic E-state index is -1.38. The summed E-state index contributed by atoms with van der Waals surface area (Å²) in [5.74, 6) is -0.733. The smallest absolute Gasteiger partial charge is 0.415 e. The van der Waals surface area contributed by atoms with E-state index in [1.54, 1.807) is 28.8 Å². The van der Waals surface area contributed by atoms with Crippen molar-refractivity contribution in [3.05, 3.63) is 82.7 Å². The Morgan fingerprint density at radius 3 is 2.24 bits per heavy atom. The standard InChI is InChI=1S/C32H36N2O6S/c1-19-13-22(14-20(2)29(19)40-32(4,5)30(36)37)15-24-17-34(31(38)39-25-10-7-21(3)33-16-25)18-27(24)28(35)23-8-11-26(41-6)12-9-23/h7-14,16,24,27H,15,17-18H2,1-6H3,(H,36,37)/t24?,27-/m0/s1. The van der Waals surface area contributed by atoms with Crippen LogP contribution >= 0.6 is 11.8 Å². The number of aliphatic carboxylic acids is 1. The number of carbonyl (C=O) groups excluding carboxylic acids is 2. The molecule has 1 aromatic heterocycles. The van der Waals surface area contributed by atoms with Crippen LogP contribution in [0.3, 0.4) is 0 Å². The van der Waals surface area contributed by atoms with Gasteiger partial charge in [-0.2, -0.15) is 0 Å². The molecule has 4 rings (SSSR count). The molecule has 3 aromatic rings. The Hall–Kier alpha value is -3.85. The van der Waals surface area contributed by atoms with E-state index >= 15 is 0 Å². The van der Waals surface area contributed by atoms with Crippen molar-refractivity contribution in [1.29, 1.82) is 0 Å². The highest BCUT2D eigenvalue weighted by Gasteiger charge is 2.41. The van der Waals surface area contributed by atoms with Gasteiger partial charge < -0.3 is 19.5 Å². The van der Waals surface area contributed by atoms with Gasteiger partial charge in [0.2, 0.25) is 0 Å². The summed E-state index contributed by atoms with van der Waals surface area (Å²) in [5.41, 5.74) is 2.66. The van der Waals surface area contributed by atoms with E-state index in [0.717, 1.165) is 27.3 Å². The summed E-state index contributed by atoms with van der Waals surface area (Å²) < 4.78 is 11.4. The molecule has 216 valence electrons. The number of pyridine rings is 1. The van der Waals surface area contributed by atoms with E-state index in [9.17, 15) is 19.5 Å². The number of hydrogen-bond acceptors (Lipinski definition) is 7. The maximum Gasteiger partial charge on any atom is 0.415 e. The molecule has 1 N–H and O–H groups in total. The zero-order valence-electron chi connectivity index (χ0n) is 24.3. The van der Waals surface area contributed by atoms with Crippen molar-refractivity contribution in [3.63, 3.8) is 0 Å². The third kappa shape index (κ3) is 7.08. The van der Waals surface area contributed by atoms with Crippen LogP contribution in [-0.2, 0) is 11.2 Å². The second-order valence-electron chi connectivity index (χ2n) is 11.0. The molecule has 2 heterocycles. The highest BCUT2D eigenvalue weighted by molar-refractivity contribution is 7.98. The largest absolute Gasteiger partial charge is 0.478 e. The van der Waals surface area contributed by atoms with Crippen LogP contribution in [-0.4, -0.2) is 57.8 Å². The number of carboxylic acids is 1. The van der Waals surface area contributed by atoms with Gasteiger partial charge in [0, 0.05) is 35.2 Å². The van der Waals surface area contributed by atoms with E-state index in [1.807, 2.05) is 63.4 Å². The summed E-state index contributed by atoms with van der Waals surface area (Å²) in [7, 11) is 0. The minimum absolute atomic E-state index is 0.00781. The molecule has 1 unspecified atom stereocenters. The summed E-state index contributed by atoms with van der Waals surface area (Å²) in [6.45, 7) is 9.26. The lowest BCUT2D eigenvalue weighted by atomic mass is 9.84. The molecule has 0 bridgehead atoms. The SMILES string of the molecule is CSc1ccc(C(=O)[C@H]2CN(C(=O)Oc3ccc(C)nc3)CC2Cc2cc(C)c(OC(C)(C)C(=O)O)c(C)c2)cc1. The molecule has 0 saturated carbocycles. The van der Waals surface area contributed by atoms with Crippen LogP contribution in [0.25, 0.3) is 0 Å². The summed E-state index contributed by atoms with van der Waals surface area (Å²) in [6.07, 6.45) is 3.54. The predicted molar refractivity (Wildman–Crippen MR) is 158 cm³/mol. The van der Waals surface area contributed by atoms with Crippen molar-refractivity contribution in [2.24, 2.45) is 11.8 Å². The number of ether oxygens (including phenoxy) is 2. The topological polar surface area (TPSA) is 106 Å². The molecular formula is C32H36N2O6S. The Labute approximate surface area is 245 Å². The van der Waals surface area contributed by atoms with Crippen LogP contribution in [0.4, 0.5) is 4.79 Å². The zero-order chi connectivity index (χ0) is 29.9. The fraction of sp³-hybridized carbons (Fsp3) is 0.375. The van der Waals surface area contributed by atoms with Gasteiger partial charge >= 0.3 is 12.1 Å². The number of Topliss-reactive ketones (excluding diaryl/α,β-unsaturated/α-hetero) is 1. The summed E-state index contributed by atoms with van der Waals surface area (Å²) in [5, 5.41) is 9.50.